The standard InChI is InChI=1S/C14H26N2O2/c17-14(12-16-9-3-4-10-16)15-8-5-11-18-13-6-1-2-7-13/h13H,1-12H2,(H,15,17). The third kappa shape index (κ3) is 4.94. The van der Waals surface area contributed by atoms with Crippen LogP contribution < -0.4 is 5.32 Å². The number of hydrogen-bond donors (Lipinski definition) is 1. The van der Waals surface area contributed by atoms with E-state index in [1.54, 1.807) is 0 Å². The van der Waals surface area contributed by atoms with E-state index in [1.165, 1.54) is 38.5 Å². The molecule has 2 fully saturated rings. The fourth-order valence-electron chi connectivity index (χ4n) is 2.80. The van der Waals surface area contributed by atoms with E-state index >= 15 is 0 Å². The number of rotatable bonds is 7. The zero-order valence-corrected chi connectivity index (χ0v) is 11.3. The Morgan fingerprint density at radius 1 is 1.17 bits per heavy atom. The van der Waals surface area contributed by atoms with Gasteiger partial charge in [-0.05, 0) is 45.2 Å². The molecule has 0 radical (unpaired) electrons. The molecule has 4 heteroatoms. The van der Waals surface area contributed by atoms with Gasteiger partial charge in [0.25, 0.3) is 0 Å². The summed E-state index contributed by atoms with van der Waals surface area (Å²) < 4.78 is 5.76. The number of likely N-dealkylation sites (tertiary alicyclic amines) is 1. The van der Waals surface area contributed by atoms with Crippen LogP contribution in [0.1, 0.15) is 44.9 Å². The van der Waals surface area contributed by atoms with Crippen LogP contribution in [-0.2, 0) is 9.53 Å². The van der Waals surface area contributed by atoms with Crippen molar-refractivity contribution in [2.24, 2.45) is 0 Å². The second-order valence-electron chi connectivity index (χ2n) is 5.46. The topological polar surface area (TPSA) is 41.6 Å². The quantitative estimate of drug-likeness (QED) is 0.701. The van der Waals surface area contributed by atoms with E-state index in [4.69, 9.17) is 4.74 Å². The Bertz CT molecular complexity index is 246. The molecular formula is C14H26N2O2. The minimum absolute atomic E-state index is 0.165. The second-order valence-corrected chi connectivity index (χ2v) is 5.46. The molecule has 0 unspecified atom stereocenters. The highest BCUT2D eigenvalue weighted by Gasteiger charge is 2.15. The summed E-state index contributed by atoms with van der Waals surface area (Å²) in [6.45, 7) is 4.27. The van der Waals surface area contributed by atoms with Crippen LogP contribution in [0, 0.1) is 0 Å². The minimum atomic E-state index is 0.165. The number of amides is 1. The van der Waals surface area contributed by atoms with Crippen molar-refractivity contribution in [2.45, 2.75) is 51.0 Å². The molecule has 0 aromatic rings. The zero-order valence-electron chi connectivity index (χ0n) is 11.3. The highest BCUT2D eigenvalue weighted by atomic mass is 16.5. The van der Waals surface area contributed by atoms with Crippen molar-refractivity contribution in [2.75, 3.05) is 32.8 Å². The number of hydrogen-bond acceptors (Lipinski definition) is 3. The van der Waals surface area contributed by atoms with E-state index in [9.17, 15) is 4.79 Å². The second kappa shape index (κ2) is 7.74. The van der Waals surface area contributed by atoms with Crippen LogP contribution in [0.15, 0.2) is 0 Å². The van der Waals surface area contributed by atoms with Gasteiger partial charge < -0.3 is 10.1 Å². The van der Waals surface area contributed by atoms with E-state index in [1.807, 2.05) is 0 Å². The van der Waals surface area contributed by atoms with E-state index < -0.39 is 0 Å². The Kier molecular flexibility index (Phi) is 5.94. The monoisotopic (exact) mass is 254 g/mol. The molecule has 0 bridgehead atoms. The summed E-state index contributed by atoms with van der Waals surface area (Å²) in [6, 6.07) is 0. The fourth-order valence-corrected chi connectivity index (χ4v) is 2.80. The summed E-state index contributed by atoms with van der Waals surface area (Å²) in [5.41, 5.74) is 0. The van der Waals surface area contributed by atoms with Gasteiger partial charge in [-0.3, -0.25) is 9.69 Å². The molecule has 2 aliphatic rings. The van der Waals surface area contributed by atoms with Gasteiger partial charge in [0, 0.05) is 13.2 Å². The Morgan fingerprint density at radius 3 is 2.61 bits per heavy atom. The van der Waals surface area contributed by atoms with Gasteiger partial charge in [0.2, 0.25) is 5.91 Å². The van der Waals surface area contributed by atoms with Gasteiger partial charge >= 0.3 is 0 Å². The lowest BCUT2D eigenvalue weighted by atomic mass is 10.3. The van der Waals surface area contributed by atoms with Gasteiger partial charge in [-0.15, -0.1) is 0 Å². The molecule has 18 heavy (non-hydrogen) atoms. The first-order valence-corrected chi connectivity index (χ1v) is 7.45. The van der Waals surface area contributed by atoms with Gasteiger partial charge in [0.15, 0.2) is 0 Å². The first-order valence-electron chi connectivity index (χ1n) is 7.45. The molecule has 1 saturated carbocycles. The molecule has 0 aromatic heterocycles. The SMILES string of the molecule is O=C(CN1CCCC1)NCCCOC1CCCC1. The molecule has 1 N–H and O–H groups in total. The lowest BCUT2D eigenvalue weighted by Gasteiger charge is -2.14. The van der Waals surface area contributed by atoms with Gasteiger partial charge in [-0.1, -0.05) is 12.8 Å². The molecule has 1 heterocycles. The van der Waals surface area contributed by atoms with Gasteiger partial charge in [-0.25, -0.2) is 0 Å². The smallest absolute Gasteiger partial charge is 0.234 e. The predicted octanol–water partition coefficient (Wildman–Crippen LogP) is 1.55. The van der Waals surface area contributed by atoms with E-state index in [2.05, 4.69) is 10.2 Å². The number of nitrogens with one attached hydrogen (secondary N) is 1. The summed E-state index contributed by atoms with van der Waals surface area (Å²) in [7, 11) is 0. The van der Waals surface area contributed by atoms with Crippen molar-refractivity contribution in [1.29, 1.82) is 0 Å². The Balaban J connectivity index is 1.43. The Morgan fingerprint density at radius 2 is 1.89 bits per heavy atom. The average Bonchev–Trinajstić information content (AvgIpc) is 3.01. The van der Waals surface area contributed by atoms with Gasteiger partial charge in [-0.2, -0.15) is 0 Å². The highest BCUT2D eigenvalue weighted by molar-refractivity contribution is 5.77. The van der Waals surface area contributed by atoms with E-state index in [0.717, 1.165) is 32.7 Å². The average molecular weight is 254 g/mol. The van der Waals surface area contributed by atoms with Crippen LogP contribution in [-0.4, -0.2) is 49.7 Å². The van der Waals surface area contributed by atoms with Crippen molar-refractivity contribution in [3.8, 4) is 0 Å². The molecule has 4 nitrogen and oxygen atoms in total. The Hall–Kier alpha value is -0.610. The van der Waals surface area contributed by atoms with Crippen molar-refractivity contribution >= 4 is 5.91 Å². The number of carbonyl (C=O) groups is 1. The van der Waals surface area contributed by atoms with Crippen molar-refractivity contribution in [3.05, 3.63) is 0 Å². The Labute approximate surface area is 110 Å². The summed E-state index contributed by atoms with van der Waals surface area (Å²) >= 11 is 0. The van der Waals surface area contributed by atoms with E-state index in [-0.39, 0.29) is 5.91 Å². The molecule has 0 atom stereocenters. The van der Waals surface area contributed by atoms with E-state index in [0.29, 0.717) is 12.6 Å². The van der Waals surface area contributed by atoms with Gasteiger partial charge in [0.1, 0.15) is 0 Å². The molecule has 1 amide bonds. The number of nitrogens with zero attached hydrogens (tertiary/aromatic N) is 1. The third-order valence-corrected chi connectivity index (χ3v) is 3.86. The summed E-state index contributed by atoms with van der Waals surface area (Å²) in [5.74, 6) is 0.165. The maximum Gasteiger partial charge on any atom is 0.234 e. The molecule has 104 valence electrons. The van der Waals surface area contributed by atoms with Gasteiger partial charge in [0.05, 0.1) is 12.6 Å². The molecule has 0 aromatic carbocycles. The zero-order chi connectivity index (χ0) is 12.6. The molecular weight excluding hydrogens is 228 g/mol. The highest BCUT2D eigenvalue weighted by Crippen LogP contribution is 2.20. The number of ether oxygens (including phenoxy) is 1. The summed E-state index contributed by atoms with van der Waals surface area (Å²) in [4.78, 5) is 13.9. The van der Waals surface area contributed by atoms with Crippen LogP contribution in [0.25, 0.3) is 0 Å². The normalized spacial score (nSPS) is 21.6. The summed E-state index contributed by atoms with van der Waals surface area (Å²) in [6.07, 6.45) is 8.98. The van der Waals surface area contributed by atoms with Crippen LogP contribution in [0.2, 0.25) is 0 Å². The molecule has 1 aliphatic heterocycles. The maximum atomic E-state index is 11.6. The van der Waals surface area contributed by atoms with Crippen LogP contribution in [0.4, 0.5) is 0 Å². The number of carbonyl (C=O) groups excluding carboxylic acids is 1. The van der Waals surface area contributed by atoms with Crippen molar-refractivity contribution in [3.63, 3.8) is 0 Å². The summed E-state index contributed by atoms with van der Waals surface area (Å²) in [5, 5.41) is 2.97. The predicted molar refractivity (Wildman–Crippen MR) is 71.5 cm³/mol. The van der Waals surface area contributed by atoms with Crippen LogP contribution in [0.5, 0.6) is 0 Å². The first kappa shape index (κ1) is 13.8. The van der Waals surface area contributed by atoms with Crippen molar-refractivity contribution in [1.82, 2.24) is 10.2 Å². The maximum absolute atomic E-state index is 11.6. The third-order valence-electron chi connectivity index (χ3n) is 3.86. The lowest BCUT2D eigenvalue weighted by Crippen LogP contribution is -2.36. The molecule has 2 rings (SSSR count). The van der Waals surface area contributed by atoms with Crippen molar-refractivity contribution < 1.29 is 9.53 Å². The largest absolute Gasteiger partial charge is 0.378 e. The fraction of sp³-hybridized carbons (Fsp3) is 0.929. The minimum Gasteiger partial charge on any atom is -0.378 e. The first-order chi connectivity index (χ1) is 8.84. The lowest BCUT2D eigenvalue weighted by molar-refractivity contribution is -0.122. The molecule has 1 aliphatic carbocycles. The molecule has 1 saturated heterocycles. The molecule has 0 spiro atoms. The van der Waals surface area contributed by atoms with Crippen LogP contribution >= 0.6 is 0 Å². The van der Waals surface area contributed by atoms with Crippen LogP contribution in [0.3, 0.4) is 0 Å².